The van der Waals surface area contributed by atoms with Crippen molar-refractivity contribution in [1.82, 2.24) is 14.7 Å². The number of hydroxylamine groups is 1. The number of benzene rings is 2. The van der Waals surface area contributed by atoms with Crippen LogP contribution in [0.4, 0.5) is 0 Å². The molecule has 1 amide bonds. The topological polar surface area (TPSA) is 99.2 Å². The predicted molar refractivity (Wildman–Crippen MR) is 117 cm³/mol. The van der Waals surface area contributed by atoms with Crippen molar-refractivity contribution in [2.24, 2.45) is 0 Å². The second-order valence-electron chi connectivity index (χ2n) is 7.87. The second kappa shape index (κ2) is 10.2. The van der Waals surface area contributed by atoms with Crippen LogP contribution >= 0.6 is 0 Å². The number of hydrogen-bond acceptors (Lipinski definition) is 6. The van der Waals surface area contributed by atoms with Crippen molar-refractivity contribution in [3.63, 3.8) is 0 Å². The average molecular weight is 448 g/mol. The number of carbonyl (C=O) groups excluding carboxylic acids is 1. The maximum absolute atomic E-state index is 13.1. The Balaban J connectivity index is 1.69. The van der Waals surface area contributed by atoms with Crippen LogP contribution < -0.4 is 10.2 Å². The van der Waals surface area contributed by atoms with E-state index < -0.39 is 22.0 Å². The molecule has 0 bridgehead atoms. The SMILES string of the molecule is CN(C)CCc1ccc(Oc2ccc(S(=O)(=O)N3CCCCC3C(=O)NO)cc2)cc1. The summed E-state index contributed by atoms with van der Waals surface area (Å²) in [5, 5.41) is 8.95. The Morgan fingerprint density at radius 3 is 2.29 bits per heavy atom. The Morgan fingerprint density at radius 2 is 1.71 bits per heavy atom. The summed E-state index contributed by atoms with van der Waals surface area (Å²) in [6.45, 7) is 1.20. The zero-order chi connectivity index (χ0) is 22.4. The lowest BCUT2D eigenvalue weighted by Crippen LogP contribution is -2.51. The number of hydrogen-bond donors (Lipinski definition) is 2. The van der Waals surface area contributed by atoms with E-state index in [1.165, 1.54) is 17.7 Å². The van der Waals surface area contributed by atoms with Crippen molar-refractivity contribution < 1.29 is 23.2 Å². The molecule has 168 valence electrons. The van der Waals surface area contributed by atoms with E-state index in [0.717, 1.165) is 23.7 Å². The van der Waals surface area contributed by atoms with Crippen molar-refractivity contribution in [1.29, 1.82) is 0 Å². The predicted octanol–water partition coefficient (Wildman–Crippen LogP) is 2.63. The number of carbonyl (C=O) groups is 1. The summed E-state index contributed by atoms with van der Waals surface area (Å²) in [5.74, 6) is 0.473. The highest BCUT2D eigenvalue weighted by Crippen LogP contribution is 2.28. The Labute approximate surface area is 183 Å². The fourth-order valence-electron chi connectivity index (χ4n) is 3.56. The van der Waals surface area contributed by atoms with Gasteiger partial charge in [-0.25, -0.2) is 13.9 Å². The fourth-order valence-corrected chi connectivity index (χ4v) is 5.21. The van der Waals surface area contributed by atoms with Gasteiger partial charge in [-0.2, -0.15) is 4.31 Å². The molecule has 8 nitrogen and oxygen atoms in total. The van der Waals surface area contributed by atoms with Crippen molar-refractivity contribution in [2.45, 2.75) is 36.6 Å². The molecule has 1 saturated heterocycles. The molecular weight excluding hydrogens is 418 g/mol. The van der Waals surface area contributed by atoms with Gasteiger partial charge in [0.1, 0.15) is 17.5 Å². The molecule has 3 rings (SSSR count). The average Bonchev–Trinajstić information content (AvgIpc) is 2.78. The van der Waals surface area contributed by atoms with Crippen molar-refractivity contribution in [3.8, 4) is 11.5 Å². The largest absolute Gasteiger partial charge is 0.457 e. The molecule has 2 N–H and O–H groups in total. The van der Waals surface area contributed by atoms with Crippen LogP contribution in [0.5, 0.6) is 11.5 Å². The van der Waals surface area contributed by atoms with E-state index in [0.29, 0.717) is 24.3 Å². The summed E-state index contributed by atoms with van der Waals surface area (Å²) < 4.78 is 33.1. The Kier molecular flexibility index (Phi) is 7.66. The minimum absolute atomic E-state index is 0.0801. The van der Waals surface area contributed by atoms with Crippen LogP contribution in [0.3, 0.4) is 0 Å². The van der Waals surface area contributed by atoms with Crippen molar-refractivity contribution in [3.05, 3.63) is 54.1 Å². The maximum atomic E-state index is 13.1. The third kappa shape index (κ3) is 5.82. The normalized spacial score (nSPS) is 17.5. The lowest BCUT2D eigenvalue weighted by atomic mass is 10.0. The number of piperidine rings is 1. The van der Waals surface area contributed by atoms with Gasteiger partial charge in [-0.15, -0.1) is 0 Å². The lowest BCUT2D eigenvalue weighted by molar-refractivity contribution is -0.134. The minimum atomic E-state index is -3.87. The molecular formula is C22H29N3O5S. The van der Waals surface area contributed by atoms with Gasteiger partial charge in [0.15, 0.2) is 0 Å². The first kappa shape index (κ1) is 23.2. The van der Waals surface area contributed by atoms with Crippen LogP contribution in [0.1, 0.15) is 24.8 Å². The number of sulfonamides is 1. The van der Waals surface area contributed by atoms with E-state index in [-0.39, 0.29) is 11.4 Å². The molecule has 2 aromatic rings. The van der Waals surface area contributed by atoms with Crippen LogP contribution in [0, 0.1) is 0 Å². The Morgan fingerprint density at radius 1 is 1.10 bits per heavy atom. The monoisotopic (exact) mass is 447 g/mol. The van der Waals surface area contributed by atoms with Gasteiger partial charge in [0.25, 0.3) is 5.91 Å². The van der Waals surface area contributed by atoms with Gasteiger partial charge in [-0.05, 0) is 75.3 Å². The van der Waals surface area contributed by atoms with E-state index in [4.69, 9.17) is 9.94 Å². The first-order valence-electron chi connectivity index (χ1n) is 10.3. The van der Waals surface area contributed by atoms with Gasteiger partial charge in [-0.3, -0.25) is 10.0 Å². The summed E-state index contributed by atoms with van der Waals surface area (Å²) in [7, 11) is 0.199. The third-order valence-corrected chi connectivity index (χ3v) is 7.23. The molecule has 9 heteroatoms. The van der Waals surface area contributed by atoms with Crippen molar-refractivity contribution in [2.75, 3.05) is 27.2 Å². The Hall–Kier alpha value is -2.46. The number of nitrogens with zero attached hydrogens (tertiary/aromatic N) is 2. The first-order valence-corrected chi connectivity index (χ1v) is 11.7. The number of nitrogens with one attached hydrogen (secondary N) is 1. The highest BCUT2D eigenvalue weighted by molar-refractivity contribution is 7.89. The smallest absolute Gasteiger partial charge is 0.261 e. The molecule has 31 heavy (non-hydrogen) atoms. The Bertz CT molecular complexity index is 975. The fraction of sp³-hybridized carbons (Fsp3) is 0.409. The van der Waals surface area contributed by atoms with Crippen LogP contribution in [0.25, 0.3) is 0 Å². The van der Waals surface area contributed by atoms with E-state index in [1.807, 2.05) is 38.4 Å². The van der Waals surface area contributed by atoms with E-state index in [1.54, 1.807) is 17.6 Å². The van der Waals surface area contributed by atoms with Crippen molar-refractivity contribution >= 4 is 15.9 Å². The van der Waals surface area contributed by atoms with Gasteiger partial charge >= 0.3 is 0 Å². The summed E-state index contributed by atoms with van der Waals surface area (Å²) in [4.78, 5) is 14.1. The molecule has 0 aliphatic carbocycles. The number of likely N-dealkylation sites (N-methyl/N-ethyl adjacent to an activating group) is 1. The zero-order valence-corrected chi connectivity index (χ0v) is 18.6. The molecule has 1 heterocycles. The van der Waals surface area contributed by atoms with Crippen LogP contribution in [-0.4, -0.2) is 62.0 Å². The molecule has 0 spiro atoms. The summed E-state index contributed by atoms with van der Waals surface area (Å²) >= 11 is 0. The molecule has 1 fully saturated rings. The quantitative estimate of drug-likeness (QED) is 0.477. The van der Waals surface area contributed by atoms with E-state index in [2.05, 4.69) is 4.90 Å². The highest BCUT2D eigenvalue weighted by atomic mass is 32.2. The lowest BCUT2D eigenvalue weighted by Gasteiger charge is -2.33. The van der Waals surface area contributed by atoms with Gasteiger partial charge in [0.05, 0.1) is 4.90 Å². The van der Waals surface area contributed by atoms with E-state index in [9.17, 15) is 13.2 Å². The summed E-state index contributed by atoms with van der Waals surface area (Å²) in [6, 6.07) is 13.0. The van der Waals surface area contributed by atoms with Gasteiger partial charge < -0.3 is 9.64 Å². The molecule has 1 aliphatic rings. The van der Waals surface area contributed by atoms with Crippen LogP contribution in [0.2, 0.25) is 0 Å². The van der Waals surface area contributed by atoms with Gasteiger partial charge in [0, 0.05) is 13.1 Å². The molecule has 0 aromatic heterocycles. The standard InChI is InChI=1S/C22H29N3O5S/c1-24(2)16-14-17-6-8-18(9-7-17)30-19-10-12-20(13-11-19)31(28,29)25-15-4-3-5-21(25)22(26)23-27/h6-13,21,27H,3-5,14-16H2,1-2H3,(H,23,26). The molecule has 1 atom stereocenters. The number of rotatable bonds is 8. The number of ether oxygens (including phenoxy) is 1. The number of amides is 1. The van der Waals surface area contributed by atoms with Gasteiger partial charge in [0.2, 0.25) is 10.0 Å². The summed E-state index contributed by atoms with van der Waals surface area (Å²) in [6.07, 6.45) is 2.72. The molecule has 0 saturated carbocycles. The maximum Gasteiger partial charge on any atom is 0.261 e. The molecule has 1 unspecified atom stereocenters. The third-order valence-electron chi connectivity index (χ3n) is 5.30. The van der Waals surface area contributed by atoms with Crippen LogP contribution in [-0.2, 0) is 21.2 Å². The minimum Gasteiger partial charge on any atom is -0.457 e. The van der Waals surface area contributed by atoms with E-state index >= 15 is 0 Å². The molecule has 0 radical (unpaired) electrons. The molecule has 2 aromatic carbocycles. The van der Waals surface area contributed by atoms with Gasteiger partial charge in [-0.1, -0.05) is 18.6 Å². The zero-order valence-electron chi connectivity index (χ0n) is 17.8. The highest BCUT2D eigenvalue weighted by Gasteiger charge is 2.37. The first-order chi connectivity index (χ1) is 14.8. The molecule has 1 aliphatic heterocycles. The second-order valence-corrected chi connectivity index (χ2v) is 9.76. The summed E-state index contributed by atoms with van der Waals surface area (Å²) in [5.41, 5.74) is 2.79. The van der Waals surface area contributed by atoms with Crippen LogP contribution in [0.15, 0.2) is 53.4 Å².